The lowest BCUT2D eigenvalue weighted by Gasteiger charge is -2.14. The first kappa shape index (κ1) is 14.2. The summed E-state index contributed by atoms with van der Waals surface area (Å²) in [4.78, 5) is 25.4. The van der Waals surface area contributed by atoms with Gasteiger partial charge < -0.3 is 0 Å². The number of amides is 2. The molecule has 1 heterocycles. The van der Waals surface area contributed by atoms with Crippen molar-refractivity contribution < 1.29 is 14.0 Å². The lowest BCUT2D eigenvalue weighted by Crippen LogP contribution is -2.31. The third kappa shape index (κ3) is 2.33. The summed E-state index contributed by atoms with van der Waals surface area (Å²) in [6, 6.07) is 15.6. The third-order valence-electron chi connectivity index (χ3n) is 3.79. The van der Waals surface area contributed by atoms with Crippen LogP contribution in [0.3, 0.4) is 0 Å². The smallest absolute Gasteiger partial charge is 0.261 e. The summed E-state index contributed by atoms with van der Waals surface area (Å²) in [7, 11) is 0. The van der Waals surface area contributed by atoms with Gasteiger partial charge in [0, 0.05) is 0 Å². The standard InChI is InChI=1S/C18H14FNO2/c1-12(13-7-3-2-4-8-13)16(19)11-20-17(21)14-9-5-6-10-15(14)18(20)22/h2-10H,11H2,1H3/b16-12+. The molecule has 22 heavy (non-hydrogen) atoms. The average Bonchev–Trinajstić information content (AvgIpc) is 2.80. The van der Waals surface area contributed by atoms with E-state index in [1.54, 1.807) is 43.3 Å². The maximum absolute atomic E-state index is 14.4. The van der Waals surface area contributed by atoms with Crippen molar-refractivity contribution in [1.29, 1.82) is 0 Å². The zero-order valence-electron chi connectivity index (χ0n) is 12.0. The fourth-order valence-corrected chi connectivity index (χ4v) is 2.48. The minimum Gasteiger partial charge on any atom is -0.269 e. The zero-order chi connectivity index (χ0) is 15.7. The van der Waals surface area contributed by atoms with Crippen LogP contribution in [0.5, 0.6) is 0 Å². The number of rotatable bonds is 3. The number of allylic oxidation sites excluding steroid dienone is 1. The molecule has 1 aliphatic rings. The summed E-state index contributed by atoms with van der Waals surface area (Å²) in [5, 5.41) is 0. The van der Waals surface area contributed by atoms with Gasteiger partial charge in [-0.1, -0.05) is 42.5 Å². The summed E-state index contributed by atoms with van der Waals surface area (Å²) < 4.78 is 14.4. The van der Waals surface area contributed by atoms with Crippen molar-refractivity contribution >= 4 is 17.4 Å². The summed E-state index contributed by atoms with van der Waals surface area (Å²) in [5.41, 5.74) is 1.82. The Morgan fingerprint density at radius 3 is 1.95 bits per heavy atom. The van der Waals surface area contributed by atoms with E-state index in [4.69, 9.17) is 0 Å². The number of halogens is 1. The molecule has 0 spiro atoms. The van der Waals surface area contributed by atoms with Gasteiger partial charge in [-0.2, -0.15) is 0 Å². The fourth-order valence-electron chi connectivity index (χ4n) is 2.48. The van der Waals surface area contributed by atoms with Gasteiger partial charge in [-0.15, -0.1) is 0 Å². The Balaban J connectivity index is 1.89. The lowest BCUT2D eigenvalue weighted by atomic mass is 10.1. The zero-order valence-corrected chi connectivity index (χ0v) is 12.0. The van der Waals surface area contributed by atoms with Crippen LogP contribution in [0, 0.1) is 0 Å². The van der Waals surface area contributed by atoms with Crippen LogP contribution in [0.1, 0.15) is 33.2 Å². The first-order chi connectivity index (χ1) is 10.6. The highest BCUT2D eigenvalue weighted by Crippen LogP contribution is 2.26. The summed E-state index contributed by atoms with van der Waals surface area (Å²) in [5.74, 6) is -1.38. The van der Waals surface area contributed by atoms with Crippen molar-refractivity contribution in [3.05, 3.63) is 77.1 Å². The molecule has 2 amide bonds. The van der Waals surface area contributed by atoms with E-state index in [0.29, 0.717) is 16.7 Å². The molecule has 2 aromatic rings. The molecule has 0 unspecified atom stereocenters. The van der Waals surface area contributed by atoms with Gasteiger partial charge >= 0.3 is 0 Å². The minimum absolute atomic E-state index is 0.331. The molecule has 0 aromatic heterocycles. The van der Waals surface area contributed by atoms with E-state index in [1.165, 1.54) is 0 Å². The Hall–Kier alpha value is -2.75. The summed E-state index contributed by atoms with van der Waals surface area (Å²) in [6.45, 7) is 1.30. The number of carbonyl (C=O) groups excluding carboxylic acids is 2. The van der Waals surface area contributed by atoms with Gasteiger partial charge in [0.25, 0.3) is 11.8 Å². The van der Waals surface area contributed by atoms with Crippen molar-refractivity contribution in [2.45, 2.75) is 6.92 Å². The van der Waals surface area contributed by atoms with E-state index < -0.39 is 17.6 Å². The molecule has 0 radical (unpaired) electrons. The molecular formula is C18H14FNO2. The Bertz CT molecular complexity index is 746. The second-order valence-electron chi connectivity index (χ2n) is 5.14. The van der Waals surface area contributed by atoms with Crippen LogP contribution in [0.4, 0.5) is 4.39 Å². The molecule has 110 valence electrons. The van der Waals surface area contributed by atoms with Gasteiger partial charge in [-0.05, 0) is 30.2 Å². The van der Waals surface area contributed by atoms with E-state index in [9.17, 15) is 14.0 Å². The van der Waals surface area contributed by atoms with Gasteiger partial charge in [-0.3, -0.25) is 14.5 Å². The second kappa shape index (κ2) is 5.56. The van der Waals surface area contributed by atoms with E-state index >= 15 is 0 Å². The van der Waals surface area contributed by atoms with Gasteiger partial charge in [0.2, 0.25) is 0 Å². The summed E-state index contributed by atoms with van der Waals surface area (Å²) >= 11 is 0. The number of carbonyl (C=O) groups is 2. The van der Waals surface area contributed by atoms with Crippen molar-refractivity contribution in [3.63, 3.8) is 0 Å². The number of imide groups is 1. The molecular weight excluding hydrogens is 281 g/mol. The van der Waals surface area contributed by atoms with Crippen LogP contribution >= 0.6 is 0 Å². The van der Waals surface area contributed by atoms with Gasteiger partial charge in [0.1, 0.15) is 5.83 Å². The molecule has 0 saturated heterocycles. The normalized spacial score (nSPS) is 14.9. The largest absolute Gasteiger partial charge is 0.269 e. The van der Waals surface area contributed by atoms with E-state index in [0.717, 1.165) is 10.5 Å². The van der Waals surface area contributed by atoms with Crippen LogP contribution in [0.15, 0.2) is 60.4 Å². The molecule has 0 bridgehead atoms. The molecule has 0 saturated carbocycles. The number of nitrogens with zero attached hydrogens (tertiary/aromatic N) is 1. The fraction of sp³-hybridized carbons (Fsp3) is 0.111. The number of fused-ring (bicyclic) bond motifs is 1. The van der Waals surface area contributed by atoms with Crippen LogP contribution in [-0.2, 0) is 0 Å². The van der Waals surface area contributed by atoms with E-state index in [1.807, 2.05) is 18.2 Å². The monoisotopic (exact) mass is 295 g/mol. The third-order valence-corrected chi connectivity index (χ3v) is 3.79. The topological polar surface area (TPSA) is 37.4 Å². The first-order valence-electron chi connectivity index (χ1n) is 6.95. The quantitative estimate of drug-likeness (QED) is 0.810. The Morgan fingerprint density at radius 2 is 1.41 bits per heavy atom. The van der Waals surface area contributed by atoms with Gasteiger partial charge in [0.05, 0.1) is 17.7 Å². The molecule has 0 N–H and O–H groups in total. The SMILES string of the molecule is C/C(=C(\F)CN1C(=O)c2ccccc2C1=O)c1ccccc1. The van der Waals surface area contributed by atoms with Gasteiger partial charge in [0.15, 0.2) is 0 Å². The highest BCUT2D eigenvalue weighted by atomic mass is 19.1. The van der Waals surface area contributed by atoms with Crippen LogP contribution in [0.25, 0.3) is 5.57 Å². The highest BCUT2D eigenvalue weighted by molar-refractivity contribution is 6.21. The Kier molecular flexibility index (Phi) is 3.59. The molecule has 0 aliphatic carbocycles. The van der Waals surface area contributed by atoms with Gasteiger partial charge in [-0.25, -0.2) is 4.39 Å². The molecule has 0 fully saturated rings. The number of benzene rings is 2. The lowest BCUT2D eigenvalue weighted by molar-refractivity contribution is 0.0660. The average molecular weight is 295 g/mol. The van der Waals surface area contributed by atoms with Crippen molar-refractivity contribution in [2.75, 3.05) is 6.54 Å². The predicted octanol–water partition coefficient (Wildman–Crippen LogP) is 3.68. The Morgan fingerprint density at radius 1 is 0.909 bits per heavy atom. The van der Waals surface area contributed by atoms with Crippen LogP contribution in [-0.4, -0.2) is 23.3 Å². The molecule has 3 nitrogen and oxygen atoms in total. The molecule has 0 atom stereocenters. The maximum Gasteiger partial charge on any atom is 0.261 e. The summed E-state index contributed by atoms with van der Waals surface area (Å²) in [6.07, 6.45) is 0. The molecule has 4 heteroatoms. The number of hydrogen-bond donors (Lipinski definition) is 0. The predicted molar refractivity (Wildman–Crippen MR) is 82.0 cm³/mol. The molecule has 3 rings (SSSR count). The number of hydrogen-bond acceptors (Lipinski definition) is 2. The minimum atomic E-state index is -0.485. The van der Waals surface area contributed by atoms with Crippen LogP contribution < -0.4 is 0 Å². The highest BCUT2D eigenvalue weighted by Gasteiger charge is 2.35. The Labute approximate surface area is 127 Å². The van der Waals surface area contributed by atoms with Crippen molar-refractivity contribution in [3.8, 4) is 0 Å². The van der Waals surface area contributed by atoms with E-state index in [-0.39, 0.29) is 6.54 Å². The van der Waals surface area contributed by atoms with Crippen molar-refractivity contribution in [2.24, 2.45) is 0 Å². The first-order valence-corrected chi connectivity index (χ1v) is 6.95. The molecule has 2 aromatic carbocycles. The molecule has 1 aliphatic heterocycles. The van der Waals surface area contributed by atoms with E-state index in [2.05, 4.69) is 0 Å². The second-order valence-corrected chi connectivity index (χ2v) is 5.14. The van der Waals surface area contributed by atoms with Crippen molar-refractivity contribution in [1.82, 2.24) is 4.90 Å². The maximum atomic E-state index is 14.4. The van der Waals surface area contributed by atoms with Crippen LogP contribution in [0.2, 0.25) is 0 Å².